The van der Waals surface area contributed by atoms with Crippen LogP contribution in [0.4, 0.5) is 5.69 Å². The van der Waals surface area contributed by atoms with Crippen LogP contribution in [0.5, 0.6) is 11.5 Å². The van der Waals surface area contributed by atoms with Crippen LogP contribution in [0.2, 0.25) is 0 Å². The fourth-order valence-corrected chi connectivity index (χ4v) is 4.93. The highest BCUT2D eigenvalue weighted by atomic mass is 32.2. The number of carbonyl (C=O) groups is 2. The first-order valence-corrected chi connectivity index (χ1v) is 12.2. The van der Waals surface area contributed by atoms with Gasteiger partial charge in [0.25, 0.3) is 5.91 Å². The van der Waals surface area contributed by atoms with E-state index in [-0.39, 0.29) is 18.6 Å². The van der Waals surface area contributed by atoms with Crippen LogP contribution in [-0.4, -0.2) is 34.4 Å². The van der Waals surface area contributed by atoms with Crippen molar-refractivity contribution in [3.05, 3.63) is 58.0 Å². The third kappa shape index (κ3) is 5.75. The molecule has 6 nitrogen and oxygen atoms in total. The van der Waals surface area contributed by atoms with Gasteiger partial charge in [0.2, 0.25) is 12.7 Å². The summed E-state index contributed by atoms with van der Waals surface area (Å²) in [5, 5.41) is 2.95. The fraction of sp³-hybridized carbons (Fsp3) is 0.320. The number of thiocarbonyl (C=S) groups is 1. The van der Waals surface area contributed by atoms with E-state index in [1.54, 1.807) is 4.90 Å². The molecule has 0 saturated carbocycles. The lowest BCUT2D eigenvalue weighted by Gasteiger charge is -2.14. The van der Waals surface area contributed by atoms with Crippen LogP contribution < -0.4 is 14.8 Å². The molecule has 2 heterocycles. The molecule has 0 unspecified atom stereocenters. The Kier molecular flexibility index (Phi) is 7.35. The molecule has 2 amide bonds. The molecule has 0 aromatic heterocycles. The molecular formula is C25H26N2O4S2. The van der Waals surface area contributed by atoms with Crippen molar-refractivity contribution in [3.63, 3.8) is 0 Å². The number of nitrogens with one attached hydrogen (secondary N) is 1. The molecule has 2 aliphatic heterocycles. The normalized spacial score (nSPS) is 16.1. The number of hydrogen-bond donors (Lipinski definition) is 1. The van der Waals surface area contributed by atoms with Crippen molar-refractivity contribution in [2.75, 3.05) is 18.7 Å². The second-order valence-corrected chi connectivity index (χ2v) is 9.78. The van der Waals surface area contributed by atoms with Crippen LogP contribution >= 0.6 is 24.0 Å². The van der Waals surface area contributed by atoms with E-state index in [0.29, 0.717) is 33.7 Å². The molecular weight excluding hydrogens is 456 g/mol. The van der Waals surface area contributed by atoms with Gasteiger partial charge in [0.05, 0.1) is 4.91 Å². The van der Waals surface area contributed by atoms with E-state index in [0.717, 1.165) is 36.1 Å². The number of ether oxygens (including phenoxy) is 2. The fourth-order valence-electron chi connectivity index (χ4n) is 3.62. The summed E-state index contributed by atoms with van der Waals surface area (Å²) in [4.78, 5) is 27.3. The Labute approximate surface area is 203 Å². The summed E-state index contributed by atoms with van der Waals surface area (Å²) in [7, 11) is 0. The molecule has 8 heteroatoms. The number of carbonyl (C=O) groups excluding carboxylic acids is 2. The van der Waals surface area contributed by atoms with Crippen molar-refractivity contribution in [1.82, 2.24) is 4.90 Å². The molecule has 0 spiro atoms. The van der Waals surface area contributed by atoms with Gasteiger partial charge in [-0.2, -0.15) is 0 Å². The van der Waals surface area contributed by atoms with Crippen molar-refractivity contribution < 1.29 is 19.1 Å². The topological polar surface area (TPSA) is 67.9 Å². The molecule has 0 bridgehead atoms. The van der Waals surface area contributed by atoms with Crippen LogP contribution in [0.1, 0.15) is 42.4 Å². The first-order chi connectivity index (χ1) is 15.9. The number of rotatable bonds is 8. The second-order valence-electron chi connectivity index (χ2n) is 8.10. The minimum absolute atomic E-state index is 0.00974. The lowest BCUT2D eigenvalue weighted by atomic mass is 10.1. The van der Waals surface area contributed by atoms with E-state index in [1.165, 1.54) is 17.3 Å². The average Bonchev–Trinajstić information content (AvgIpc) is 3.35. The number of unbranched alkanes of at least 4 members (excludes halogenated alkanes) is 2. The minimum Gasteiger partial charge on any atom is -0.454 e. The summed E-state index contributed by atoms with van der Waals surface area (Å²) >= 11 is 6.74. The van der Waals surface area contributed by atoms with Crippen molar-refractivity contribution in [1.29, 1.82) is 0 Å². The van der Waals surface area contributed by atoms with E-state index in [4.69, 9.17) is 21.7 Å². The number of nitrogens with zero attached hydrogens (tertiary/aromatic N) is 1. The monoisotopic (exact) mass is 482 g/mol. The van der Waals surface area contributed by atoms with Crippen molar-refractivity contribution in [3.8, 4) is 11.5 Å². The molecule has 1 fully saturated rings. The third-order valence-electron chi connectivity index (χ3n) is 5.64. The predicted molar refractivity (Wildman–Crippen MR) is 135 cm³/mol. The second kappa shape index (κ2) is 10.4. The van der Waals surface area contributed by atoms with Gasteiger partial charge in [-0.25, -0.2) is 0 Å². The Morgan fingerprint density at radius 2 is 1.91 bits per heavy atom. The molecule has 0 atom stereocenters. The smallest absolute Gasteiger partial charge is 0.266 e. The Morgan fingerprint density at radius 3 is 2.73 bits per heavy atom. The van der Waals surface area contributed by atoms with Crippen molar-refractivity contribution >= 4 is 51.9 Å². The predicted octanol–water partition coefficient (Wildman–Crippen LogP) is 5.43. The summed E-state index contributed by atoms with van der Waals surface area (Å²) in [6.07, 6.45) is 4.69. The van der Waals surface area contributed by atoms with Gasteiger partial charge in [0.15, 0.2) is 11.5 Å². The van der Waals surface area contributed by atoms with E-state index in [2.05, 4.69) is 5.32 Å². The Bertz CT molecular complexity index is 1130. The van der Waals surface area contributed by atoms with E-state index in [1.807, 2.05) is 56.3 Å². The van der Waals surface area contributed by atoms with Gasteiger partial charge in [-0.3, -0.25) is 14.5 Å². The van der Waals surface area contributed by atoms with Gasteiger partial charge >= 0.3 is 0 Å². The van der Waals surface area contributed by atoms with Gasteiger partial charge in [0.1, 0.15) is 4.32 Å². The maximum absolute atomic E-state index is 12.8. The highest BCUT2D eigenvalue weighted by Crippen LogP contribution is 2.36. The highest BCUT2D eigenvalue weighted by Gasteiger charge is 2.31. The number of amides is 2. The highest BCUT2D eigenvalue weighted by molar-refractivity contribution is 8.26. The zero-order chi connectivity index (χ0) is 23.4. The zero-order valence-corrected chi connectivity index (χ0v) is 20.3. The van der Waals surface area contributed by atoms with Crippen LogP contribution in [0.15, 0.2) is 41.3 Å². The minimum atomic E-state index is -0.0739. The average molecular weight is 483 g/mol. The molecule has 172 valence electrons. The van der Waals surface area contributed by atoms with Crippen LogP contribution in [0, 0.1) is 13.8 Å². The Balaban J connectivity index is 1.22. The number of thioether (sulfide) groups is 1. The maximum Gasteiger partial charge on any atom is 0.266 e. The van der Waals surface area contributed by atoms with E-state index < -0.39 is 0 Å². The molecule has 2 aromatic rings. The molecule has 1 N–H and O–H groups in total. The summed E-state index contributed by atoms with van der Waals surface area (Å²) in [5.74, 6) is 1.33. The summed E-state index contributed by atoms with van der Waals surface area (Å²) < 4.78 is 11.3. The molecule has 0 radical (unpaired) electrons. The van der Waals surface area contributed by atoms with Gasteiger partial charge in [0, 0.05) is 18.7 Å². The molecule has 33 heavy (non-hydrogen) atoms. The molecule has 2 aliphatic rings. The molecule has 0 aliphatic carbocycles. The number of aryl methyl sites for hydroxylation is 2. The van der Waals surface area contributed by atoms with E-state index in [9.17, 15) is 9.59 Å². The number of anilines is 1. The van der Waals surface area contributed by atoms with Crippen LogP contribution in [-0.2, 0) is 9.59 Å². The molecule has 2 aromatic carbocycles. The van der Waals surface area contributed by atoms with Crippen LogP contribution in [0.3, 0.4) is 0 Å². The largest absolute Gasteiger partial charge is 0.454 e. The first kappa shape index (κ1) is 23.3. The summed E-state index contributed by atoms with van der Waals surface area (Å²) in [6.45, 7) is 4.85. The van der Waals surface area contributed by atoms with E-state index >= 15 is 0 Å². The first-order valence-electron chi connectivity index (χ1n) is 10.9. The standard InChI is InChI=1S/C25H26N2O4S2/c1-16-7-9-19(12-17(16)2)26-23(28)6-4-3-5-11-27-24(29)22(33-25(27)32)14-18-8-10-20-21(13-18)31-15-30-20/h7-10,12-14H,3-6,11,15H2,1-2H3,(H,26,28). The third-order valence-corrected chi connectivity index (χ3v) is 7.02. The molecule has 4 rings (SSSR count). The lowest BCUT2D eigenvalue weighted by molar-refractivity contribution is -0.122. The van der Waals surface area contributed by atoms with Gasteiger partial charge in [-0.05, 0) is 73.7 Å². The van der Waals surface area contributed by atoms with Gasteiger partial charge < -0.3 is 14.8 Å². The zero-order valence-electron chi connectivity index (χ0n) is 18.7. The Hall–Kier alpha value is -2.84. The lowest BCUT2D eigenvalue weighted by Crippen LogP contribution is -2.29. The van der Waals surface area contributed by atoms with Crippen molar-refractivity contribution in [2.24, 2.45) is 0 Å². The number of benzene rings is 2. The number of hydrogen-bond acceptors (Lipinski definition) is 6. The van der Waals surface area contributed by atoms with Crippen LogP contribution in [0.25, 0.3) is 6.08 Å². The van der Waals surface area contributed by atoms with Crippen molar-refractivity contribution in [2.45, 2.75) is 39.5 Å². The quantitative estimate of drug-likeness (QED) is 0.307. The molecule has 1 saturated heterocycles. The van der Waals surface area contributed by atoms with Gasteiger partial charge in [-0.15, -0.1) is 0 Å². The summed E-state index contributed by atoms with van der Waals surface area (Å²) in [6, 6.07) is 11.5. The Morgan fingerprint density at radius 1 is 1.09 bits per heavy atom. The SMILES string of the molecule is Cc1ccc(NC(=O)CCCCCN2C(=O)C(=Cc3ccc4c(c3)OCO4)SC2=S)cc1C. The number of fused-ring (bicyclic) bond motifs is 1. The van der Waals surface area contributed by atoms with Gasteiger partial charge in [-0.1, -0.05) is 42.5 Å². The maximum atomic E-state index is 12.8. The summed E-state index contributed by atoms with van der Waals surface area (Å²) in [5.41, 5.74) is 4.06.